The Morgan fingerprint density at radius 3 is 2.68 bits per heavy atom. The molecule has 1 aliphatic rings. The predicted molar refractivity (Wildman–Crippen MR) is 87.1 cm³/mol. The highest BCUT2D eigenvalue weighted by Crippen LogP contribution is 2.31. The van der Waals surface area contributed by atoms with E-state index < -0.39 is 21.2 Å². The second-order valence-electron chi connectivity index (χ2n) is 5.76. The Balaban J connectivity index is 2.40. The molecule has 0 spiro atoms. The lowest BCUT2D eigenvalue weighted by molar-refractivity contribution is -0.127. The van der Waals surface area contributed by atoms with E-state index in [2.05, 4.69) is 0 Å². The van der Waals surface area contributed by atoms with Crippen LogP contribution in [0.15, 0.2) is 18.2 Å². The molecule has 2 rings (SSSR count). The van der Waals surface area contributed by atoms with Gasteiger partial charge in [0.15, 0.2) is 5.25 Å². The first kappa shape index (κ1) is 16.8. The van der Waals surface area contributed by atoms with Crippen LogP contribution in [-0.4, -0.2) is 45.1 Å². The monoisotopic (exact) mass is 325 g/mol. The van der Waals surface area contributed by atoms with Gasteiger partial charge < -0.3 is 10.6 Å². The molecular weight excluding hydrogens is 302 g/mol. The van der Waals surface area contributed by atoms with Gasteiger partial charge >= 0.3 is 0 Å². The largest absolute Gasteiger partial charge is 0.348 e. The molecule has 1 amide bonds. The van der Waals surface area contributed by atoms with E-state index in [1.165, 1.54) is 16.1 Å². The van der Waals surface area contributed by atoms with Crippen LogP contribution in [0, 0.1) is 0 Å². The molecule has 2 N–H and O–H groups in total. The maximum Gasteiger partial charge on any atom is 0.246 e. The van der Waals surface area contributed by atoms with Crippen LogP contribution in [0.4, 0.5) is 5.69 Å². The van der Waals surface area contributed by atoms with E-state index in [-0.39, 0.29) is 0 Å². The zero-order valence-corrected chi connectivity index (χ0v) is 14.1. The van der Waals surface area contributed by atoms with Crippen molar-refractivity contribution in [3.8, 4) is 0 Å². The third-order valence-electron chi connectivity index (χ3n) is 4.00. The Kier molecular flexibility index (Phi) is 4.77. The molecular formula is C15H23N3O3S. The zero-order valence-electron chi connectivity index (χ0n) is 13.2. The minimum Gasteiger partial charge on any atom is -0.348 e. The summed E-state index contributed by atoms with van der Waals surface area (Å²) in [7, 11) is -0.605. The average Bonchev–Trinajstić information content (AvgIpc) is 2.51. The van der Waals surface area contributed by atoms with Crippen LogP contribution in [0.2, 0.25) is 0 Å². The molecule has 0 fully saturated rings. The normalized spacial score (nSPS) is 16.1. The third-order valence-corrected chi connectivity index (χ3v) is 6.09. The molecule has 1 unspecified atom stereocenters. The highest BCUT2D eigenvalue weighted by Gasteiger charge is 2.36. The van der Waals surface area contributed by atoms with Gasteiger partial charge in [-0.15, -0.1) is 0 Å². The van der Waals surface area contributed by atoms with Crippen LogP contribution in [0.1, 0.15) is 24.5 Å². The summed E-state index contributed by atoms with van der Waals surface area (Å²) in [5.41, 5.74) is 8.27. The van der Waals surface area contributed by atoms with Gasteiger partial charge in [0, 0.05) is 27.2 Å². The fourth-order valence-electron chi connectivity index (χ4n) is 2.69. The molecule has 0 radical (unpaired) electrons. The fourth-order valence-corrected chi connectivity index (χ4v) is 4.37. The lowest BCUT2D eigenvalue weighted by atomic mass is 10.0. The molecule has 0 saturated heterocycles. The Hall–Kier alpha value is -1.60. The minimum atomic E-state index is -3.73. The van der Waals surface area contributed by atoms with Gasteiger partial charge in [-0.3, -0.25) is 9.10 Å². The second kappa shape index (κ2) is 6.26. The van der Waals surface area contributed by atoms with Crippen molar-refractivity contribution < 1.29 is 13.2 Å². The second-order valence-corrected chi connectivity index (χ2v) is 7.94. The topological polar surface area (TPSA) is 83.7 Å². The highest BCUT2D eigenvalue weighted by molar-refractivity contribution is 7.94. The first-order chi connectivity index (χ1) is 10.3. The first-order valence-electron chi connectivity index (χ1n) is 7.33. The van der Waals surface area contributed by atoms with E-state index in [1.54, 1.807) is 20.2 Å². The van der Waals surface area contributed by atoms with E-state index >= 15 is 0 Å². The van der Waals surface area contributed by atoms with Crippen LogP contribution in [0.25, 0.3) is 0 Å². The van der Waals surface area contributed by atoms with Gasteiger partial charge in [0.05, 0.1) is 5.69 Å². The number of fused-ring (bicyclic) bond motifs is 1. The number of rotatable bonds is 4. The number of amides is 1. The average molecular weight is 325 g/mol. The van der Waals surface area contributed by atoms with Crippen molar-refractivity contribution >= 4 is 21.6 Å². The number of carbonyl (C=O) groups excluding carboxylic acids is 1. The Bertz CT molecular complexity index is 671. The molecule has 0 aliphatic carbocycles. The summed E-state index contributed by atoms with van der Waals surface area (Å²) in [4.78, 5) is 13.4. The molecule has 1 aromatic rings. The molecule has 0 bridgehead atoms. The fraction of sp³-hybridized carbons (Fsp3) is 0.533. The van der Waals surface area contributed by atoms with Gasteiger partial charge in [-0.1, -0.05) is 12.1 Å². The van der Waals surface area contributed by atoms with Crippen LogP contribution in [-0.2, 0) is 27.8 Å². The SMILES string of the molecule is CC(C(=O)N(C)C)S(=O)(=O)N1CCCc2cc(CN)ccc21. The number of benzene rings is 1. The van der Waals surface area contributed by atoms with E-state index in [1.807, 2.05) is 12.1 Å². The summed E-state index contributed by atoms with van der Waals surface area (Å²) in [5.74, 6) is -0.411. The lowest BCUT2D eigenvalue weighted by Crippen LogP contribution is -2.47. The molecule has 22 heavy (non-hydrogen) atoms. The highest BCUT2D eigenvalue weighted by atomic mass is 32.2. The molecule has 1 aliphatic heterocycles. The Labute approximate surface area is 131 Å². The third kappa shape index (κ3) is 2.96. The zero-order chi connectivity index (χ0) is 16.5. The summed E-state index contributed by atoms with van der Waals surface area (Å²) in [6, 6.07) is 5.58. The molecule has 0 saturated carbocycles. The Morgan fingerprint density at radius 1 is 1.41 bits per heavy atom. The number of nitrogens with zero attached hydrogens (tertiary/aromatic N) is 2. The van der Waals surface area contributed by atoms with Crippen LogP contribution >= 0.6 is 0 Å². The van der Waals surface area contributed by atoms with Crippen molar-refractivity contribution in [1.29, 1.82) is 0 Å². The number of hydrogen-bond acceptors (Lipinski definition) is 4. The summed E-state index contributed by atoms with van der Waals surface area (Å²) in [6.45, 7) is 2.28. The van der Waals surface area contributed by atoms with Crippen molar-refractivity contribution in [3.05, 3.63) is 29.3 Å². The molecule has 1 aromatic carbocycles. The quantitative estimate of drug-likeness (QED) is 0.883. The van der Waals surface area contributed by atoms with Gasteiger partial charge in [0.25, 0.3) is 0 Å². The van der Waals surface area contributed by atoms with Gasteiger partial charge in [0.2, 0.25) is 15.9 Å². The van der Waals surface area contributed by atoms with Gasteiger partial charge in [-0.05, 0) is 37.0 Å². The molecule has 6 nitrogen and oxygen atoms in total. The van der Waals surface area contributed by atoms with Crippen LogP contribution in [0.3, 0.4) is 0 Å². The van der Waals surface area contributed by atoms with Crippen molar-refractivity contribution in [3.63, 3.8) is 0 Å². The number of hydrogen-bond donors (Lipinski definition) is 1. The van der Waals surface area contributed by atoms with E-state index in [9.17, 15) is 13.2 Å². The number of nitrogens with two attached hydrogens (primary N) is 1. The smallest absolute Gasteiger partial charge is 0.246 e. The molecule has 1 atom stereocenters. The maximum atomic E-state index is 12.8. The van der Waals surface area contributed by atoms with Crippen molar-refractivity contribution in [2.75, 3.05) is 24.9 Å². The van der Waals surface area contributed by atoms with E-state index in [4.69, 9.17) is 5.73 Å². The maximum absolute atomic E-state index is 12.8. The van der Waals surface area contributed by atoms with Crippen molar-refractivity contribution in [2.24, 2.45) is 5.73 Å². The molecule has 122 valence electrons. The molecule has 7 heteroatoms. The number of anilines is 1. The summed E-state index contributed by atoms with van der Waals surface area (Å²) in [6.07, 6.45) is 1.56. The van der Waals surface area contributed by atoms with Crippen LogP contribution in [0.5, 0.6) is 0 Å². The minimum absolute atomic E-state index is 0.405. The van der Waals surface area contributed by atoms with Gasteiger partial charge in [-0.2, -0.15) is 0 Å². The standard InChI is InChI=1S/C15H23N3O3S/c1-11(15(19)17(2)3)22(20,21)18-8-4-5-13-9-12(10-16)6-7-14(13)18/h6-7,9,11H,4-5,8,10,16H2,1-3H3. The van der Waals surface area contributed by atoms with Crippen molar-refractivity contribution in [2.45, 2.75) is 31.6 Å². The number of sulfonamides is 1. The Morgan fingerprint density at radius 2 is 2.09 bits per heavy atom. The van der Waals surface area contributed by atoms with Crippen LogP contribution < -0.4 is 10.0 Å². The van der Waals surface area contributed by atoms with Gasteiger partial charge in [-0.25, -0.2) is 8.42 Å². The summed E-state index contributed by atoms with van der Waals surface area (Å²) in [5, 5.41) is -1.09. The molecule has 0 aromatic heterocycles. The van der Waals surface area contributed by atoms with Crippen molar-refractivity contribution in [1.82, 2.24) is 4.90 Å². The van der Waals surface area contributed by atoms with Gasteiger partial charge in [0.1, 0.15) is 0 Å². The predicted octanol–water partition coefficient (Wildman–Crippen LogP) is 0.704. The first-order valence-corrected chi connectivity index (χ1v) is 8.84. The summed E-state index contributed by atoms with van der Waals surface area (Å²) >= 11 is 0. The lowest BCUT2D eigenvalue weighted by Gasteiger charge is -2.33. The number of carbonyl (C=O) groups is 1. The summed E-state index contributed by atoms with van der Waals surface area (Å²) < 4.78 is 27.0. The van der Waals surface area contributed by atoms with E-state index in [0.29, 0.717) is 18.8 Å². The number of aryl methyl sites for hydroxylation is 1. The van der Waals surface area contributed by atoms with E-state index in [0.717, 1.165) is 24.0 Å². The molecule has 1 heterocycles.